The monoisotopic (exact) mass is 340 g/mol. The molecule has 1 aromatic carbocycles. The predicted octanol–water partition coefficient (Wildman–Crippen LogP) is 3.55. The Bertz CT molecular complexity index is 534. The Morgan fingerprint density at radius 1 is 1.43 bits per heavy atom. The van der Waals surface area contributed by atoms with Crippen LogP contribution in [0.25, 0.3) is 0 Å². The molecule has 2 heterocycles. The van der Waals surface area contributed by atoms with E-state index in [0.29, 0.717) is 18.3 Å². The van der Waals surface area contributed by atoms with Gasteiger partial charge in [0.2, 0.25) is 5.91 Å². The van der Waals surface area contributed by atoms with Gasteiger partial charge in [-0.15, -0.1) is 12.4 Å². The van der Waals surface area contributed by atoms with E-state index in [2.05, 4.69) is 12.2 Å². The fourth-order valence-electron chi connectivity index (χ4n) is 3.78. The summed E-state index contributed by atoms with van der Waals surface area (Å²) in [4.78, 5) is 14.6. The molecule has 1 N–H and O–H groups in total. The number of hydrogen-bond acceptors (Lipinski definition) is 2. The van der Waals surface area contributed by atoms with E-state index in [4.69, 9.17) is 0 Å². The number of carbonyl (C=O) groups excluding carboxylic acids is 1. The van der Waals surface area contributed by atoms with Crippen LogP contribution < -0.4 is 5.32 Å². The smallest absolute Gasteiger partial charge is 0.223 e. The molecule has 0 bridgehead atoms. The first-order valence-corrected chi connectivity index (χ1v) is 8.39. The second kappa shape index (κ2) is 8.11. The van der Waals surface area contributed by atoms with E-state index < -0.39 is 0 Å². The highest BCUT2D eigenvalue weighted by molar-refractivity contribution is 5.85. The van der Waals surface area contributed by atoms with Gasteiger partial charge in [0.15, 0.2) is 0 Å². The van der Waals surface area contributed by atoms with Crippen LogP contribution in [0.5, 0.6) is 0 Å². The minimum Gasteiger partial charge on any atom is -0.335 e. The number of halogens is 2. The van der Waals surface area contributed by atoms with Crippen molar-refractivity contribution < 1.29 is 9.18 Å². The summed E-state index contributed by atoms with van der Waals surface area (Å²) in [6, 6.07) is 6.75. The SMILES string of the molecule is CC1CC(c2cccc(F)c2)N(C(=O)CCC2CCNC2)C1.Cl. The molecular weight excluding hydrogens is 315 g/mol. The van der Waals surface area contributed by atoms with Crippen molar-refractivity contribution in [3.63, 3.8) is 0 Å². The summed E-state index contributed by atoms with van der Waals surface area (Å²) in [5.74, 6) is 1.12. The molecule has 1 amide bonds. The zero-order chi connectivity index (χ0) is 15.5. The molecule has 128 valence electrons. The fraction of sp³-hybridized carbons (Fsp3) is 0.611. The van der Waals surface area contributed by atoms with Gasteiger partial charge in [-0.05, 0) is 61.9 Å². The Kier molecular flexibility index (Phi) is 6.42. The Morgan fingerprint density at radius 2 is 2.26 bits per heavy atom. The number of hydrogen-bond donors (Lipinski definition) is 1. The van der Waals surface area contributed by atoms with Crippen molar-refractivity contribution >= 4 is 18.3 Å². The van der Waals surface area contributed by atoms with Gasteiger partial charge in [0.25, 0.3) is 0 Å². The molecule has 0 aromatic heterocycles. The first kappa shape index (κ1) is 18.2. The van der Waals surface area contributed by atoms with Crippen molar-refractivity contribution in [2.45, 2.75) is 38.6 Å². The molecule has 3 atom stereocenters. The van der Waals surface area contributed by atoms with Gasteiger partial charge in [-0.2, -0.15) is 0 Å². The van der Waals surface area contributed by atoms with Gasteiger partial charge < -0.3 is 10.2 Å². The van der Waals surface area contributed by atoms with E-state index in [0.717, 1.165) is 38.0 Å². The summed E-state index contributed by atoms with van der Waals surface area (Å²) in [6.07, 6.45) is 3.69. The van der Waals surface area contributed by atoms with Crippen molar-refractivity contribution in [2.24, 2.45) is 11.8 Å². The summed E-state index contributed by atoms with van der Waals surface area (Å²) in [6.45, 7) is 5.08. The van der Waals surface area contributed by atoms with Gasteiger partial charge in [-0.1, -0.05) is 19.1 Å². The predicted molar refractivity (Wildman–Crippen MR) is 92.1 cm³/mol. The number of likely N-dealkylation sites (tertiary alicyclic amines) is 1. The molecule has 2 aliphatic heterocycles. The molecule has 2 fully saturated rings. The largest absolute Gasteiger partial charge is 0.335 e. The summed E-state index contributed by atoms with van der Waals surface area (Å²) in [5.41, 5.74) is 0.931. The van der Waals surface area contributed by atoms with Crippen LogP contribution in [-0.4, -0.2) is 30.4 Å². The topological polar surface area (TPSA) is 32.3 Å². The Hall–Kier alpha value is -1.13. The van der Waals surface area contributed by atoms with Crippen LogP contribution in [0.3, 0.4) is 0 Å². The van der Waals surface area contributed by atoms with Crippen molar-refractivity contribution in [2.75, 3.05) is 19.6 Å². The van der Waals surface area contributed by atoms with Gasteiger partial charge in [0.05, 0.1) is 6.04 Å². The average Bonchev–Trinajstić information content (AvgIpc) is 3.14. The molecule has 2 aliphatic rings. The van der Waals surface area contributed by atoms with Crippen LogP contribution in [0.2, 0.25) is 0 Å². The van der Waals surface area contributed by atoms with E-state index in [1.54, 1.807) is 12.1 Å². The van der Waals surface area contributed by atoms with E-state index >= 15 is 0 Å². The molecule has 0 saturated carbocycles. The highest BCUT2D eigenvalue weighted by Gasteiger charge is 2.34. The highest BCUT2D eigenvalue weighted by Crippen LogP contribution is 2.36. The second-order valence-corrected chi connectivity index (χ2v) is 6.86. The Balaban J connectivity index is 0.00000192. The quantitative estimate of drug-likeness (QED) is 0.909. The lowest BCUT2D eigenvalue weighted by Gasteiger charge is -2.25. The van der Waals surface area contributed by atoms with Crippen molar-refractivity contribution in [3.8, 4) is 0 Å². The number of nitrogens with one attached hydrogen (secondary N) is 1. The molecule has 3 nitrogen and oxygen atoms in total. The van der Waals surface area contributed by atoms with Gasteiger partial charge in [-0.3, -0.25) is 4.79 Å². The lowest BCUT2D eigenvalue weighted by atomic mass is 10.00. The van der Waals surface area contributed by atoms with E-state index in [1.165, 1.54) is 12.5 Å². The molecule has 3 rings (SSSR count). The molecule has 1 aromatic rings. The van der Waals surface area contributed by atoms with E-state index in [1.807, 2.05) is 11.0 Å². The molecule has 3 unspecified atom stereocenters. The minimum absolute atomic E-state index is 0. The first-order valence-electron chi connectivity index (χ1n) is 8.39. The zero-order valence-electron chi connectivity index (χ0n) is 13.6. The Labute approximate surface area is 144 Å². The van der Waals surface area contributed by atoms with Crippen molar-refractivity contribution in [1.29, 1.82) is 0 Å². The minimum atomic E-state index is -0.221. The van der Waals surface area contributed by atoms with Crippen LogP contribution in [0.15, 0.2) is 24.3 Å². The lowest BCUT2D eigenvalue weighted by molar-refractivity contribution is -0.132. The van der Waals surface area contributed by atoms with Crippen molar-refractivity contribution in [1.82, 2.24) is 10.2 Å². The van der Waals surface area contributed by atoms with Crippen LogP contribution in [-0.2, 0) is 4.79 Å². The van der Waals surface area contributed by atoms with Crippen LogP contribution in [0.4, 0.5) is 4.39 Å². The number of amides is 1. The zero-order valence-corrected chi connectivity index (χ0v) is 14.4. The van der Waals surface area contributed by atoms with Crippen LogP contribution >= 0.6 is 12.4 Å². The van der Waals surface area contributed by atoms with Gasteiger partial charge in [0.1, 0.15) is 5.82 Å². The molecule has 0 radical (unpaired) electrons. The second-order valence-electron chi connectivity index (χ2n) is 6.86. The van der Waals surface area contributed by atoms with E-state index in [9.17, 15) is 9.18 Å². The molecule has 0 aliphatic carbocycles. The van der Waals surface area contributed by atoms with Crippen LogP contribution in [0.1, 0.15) is 44.2 Å². The van der Waals surface area contributed by atoms with Gasteiger partial charge in [0, 0.05) is 13.0 Å². The number of benzene rings is 1. The highest BCUT2D eigenvalue weighted by atomic mass is 35.5. The van der Waals surface area contributed by atoms with Crippen molar-refractivity contribution in [3.05, 3.63) is 35.6 Å². The Morgan fingerprint density at radius 3 is 2.96 bits per heavy atom. The van der Waals surface area contributed by atoms with Gasteiger partial charge in [-0.25, -0.2) is 4.39 Å². The summed E-state index contributed by atoms with van der Waals surface area (Å²) in [7, 11) is 0. The summed E-state index contributed by atoms with van der Waals surface area (Å²) < 4.78 is 13.5. The third-order valence-corrected chi connectivity index (χ3v) is 4.99. The fourth-order valence-corrected chi connectivity index (χ4v) is 3.78. The van der Waals surface area contributed by atoms with Crippen LogP contribution in [0, 0.1) is 17.7 Å². The molecule has 0 spiro atoms. The summed E-state index contributed by atoms with van der Waals surface area (Å²) >= 11 is 0. The first-order chi connectivity index (χ1) is 10.6. The molecular formula is C18H26ClFN2O. The standard InChI is InChI=1S/C18H25FN2O.ClH/c1-13-9-17(15-3-2-4-16(19)10-15)21(12-13)18(22)6-5-14-7-8-20-11-14;/h2-4,10,13-14,17,20H,5-9,11-12H2,1H3;1H. The molecule has 5 heteroatoms. The third-order valence-electron chi connectivity index (χ3n) is 4.99. The van der Waals surface area contributed by atoms with Gasteiger partial charge >= 0.3 is 0 Å². The molecule has 2 saturated heterocycles. The summed E-state index contributed by atoms with van der Waals surface area (Å²) in [5, 5.41) is 3.35. The maximum Gasteiger partial charge on any atom is 0.223 e. The van der Waals surface area contributed by atoms with E-state index in [-0.39, 0.29) is 30.2 Å². The number of nitrogens with zero attached hydrogens (tertiary/aromatic N) is 1. The normalized spacial score (nSPS) is 27.0. The molecule has 23 heavy (non-hydrogen) atoms. The number of carbonyl (C=O) groups is 1. The maximum absolute atomic E-state index is 13.5. The third kappa shape index (κ3) is 4.45. The average molecular weight is 341 g/mol. The lowest BCUT2D eigenvalue weighted by Crippen LogP contribution is -2.31. The maximum atomic E-state index is 13.5. The number of rotatable bonds is 4.